The van der Waals surface area contributed by atoms with Gasteiger partial charge >= 0.3 is 5.97 Å². The van der Waals surface area contributed by atoms with Gasteiger partial charge in [-0.05, 0) is 55.1 Å². The summed E-state index contributed by atoms with van der Waals surface area (Å²) in [7, 11) is 0. The lowest BCUT2D eigenvalue weighted by molar-refractivity contribution is -0.143. The van der Waals surface area contributed by atoms with Crippen LogP contribution in [0.3, 0.4) is 0 Å². The second kappa shape index (κ2) is 7.49. The Morgan fingerprint density at radius 1 is 1.19 bits per heavy atom. The van der Waals surface area contributed by atoms with Gasteiger partial charge in [0.05, 0.1) is 17.5 Å². The first kappa shape index (κ1) is 17.7. The summed E-state index contributed by atoms with van der Waals surface area (Å²) in [4.78, 5) is 18.6. The molecule has 1 N–H and O–H groups in total. The summed E-state index contributed by atoms with van der Waals surface area (Å²) >= 11 is 0. The first-order valence-electron chi connectivity index (χ1n) is 9.50. The zero-order valence-electron chi connectivity index (χ0n) is 15.5. The van der Waals surface area contributed by atoms with Crippen molar-refractivity contribution in [2.75, 3.05) is 13.1 Å². The van der Waals surface area contributed by atoms with E-state index in [-0.39, 0.29) is 12.0 Å². The molecule has 4 nitrogen and oxygen atoms in total. The molecule has 1 saturated heterocycles. The molecule has 0 aliphatic carbocycles. The van der Waals surface area contributed by atoms with Crippen LogP contribution in [0.1, 0.15) is 35.6 Å². The van der Waals surface area contributed by atoms with Crippen molar-refractivity contribution in [3.63, 3.8) is 0 Å². The zero-order valence-corrected chi connectivity index (χ0v) is 15.5. The number of hydrogen-bond donors (Lipinski definition) is 1. The molecule has 1 aromatic heterocycles. The number of nitrogens with zero attached hydrogens (tertiary/aromatic N) is 2. The molecule has 4 rings (SSSR count). The number of piperidine rings is 1. The highest BCUT2D eigenvalue weighted by molar-refractivity contribution is 5.79. The number of rotatable bonds is 4. The van der Waals surface area contributed by atoms with Crippen LogP contribution >= 0.6 is 0 Å². The Hall–Kier alpha value is -2.72. The van der Waals surface area contributed by atoms with Crippen molar-refractivity contribution in [1.29, 1.82) is 0 Å². The molecule has 2 heterocycles. The van der Waals surface area contributed by atoms with Crippen molar-refractivity contribution in [1.82, 2.24) is 9.88 Å². The van der Waals surface area contributed by atoms with Crippen LogP contribution in [0.25, 0.3) is 10.9 Å². The maximum atomic E-state index is 11.6. The molecular formula is C23H24N2O2. The van der Waals surface area contributed by atoms with Crippen LogP contribution in [-0.4, -0.2) is 34.0 Å². The molecule has 1 fully saturated rings. The molecule has 0 amide bonds. The van der Waals surface area contributed by atoms with E-state index in [0.717, 1.165) is 35.9 Å². The Labute approximate surface area is 159 Å². The number of benzene rings is 2. The molecule has 4 heteroatoms. The molecule has 1 aliphatic heterocycles. The van der Waals surface area contributed by atoms with Crippen molar-refractivity contribution in [2.45, 2.75) is 25.8 Å². The highest BCUT2D eigenvalue weighted by atomic mass is 16.4. The first-order valence-corrected chi connectivity index (χ1v) is 9.50. The fourth-order valence-corrected chi connectivity index (χ4v) is 4.16. The highest BCUT2D eigenvalue weighted by Crippen LogP contribution is 2.34. The number of para-hydroxylation sites is 1. The van der Waals surface area contributed by atoms with Gasteiger partial charge in [-0.2, -0.15) is 0 Å². The third-order valence-electron chi connectivity index (χ3n) is 5.58. The van der Waals surface area contributed by atoms with Gasteiger partial charge in [-0.3, -0.25) is 14.7 Å². The van der Waals surface area contributed by atoms with E-state index < -0.39 is 5.97 Å². The monoisotopic (exact) mass is 360 g/mol. The van der Waals surface area contributed by atoms with Gasteiger partial charge < -0.3 is 5.11 Å². The minimum Gasteiger partial charge on any atom is -0.481 e. The Kier molecular flexibility index (Phi) is 4.90. The van der Waals surface area contributed by atoms with Crippen molar-refractivity contribution < 1.29 is 9.90 Å². The van der Waals surface area contributed by atoms with Gasteiger partial charge in [0, 0.05) is 18.1 Å². The number of fused-ring (bicyclic) bond motifs is 1. The quantitative estimate of drug-likeness (QED) is 0.748. The highest BCUT2D eigenvalue weighted by Gasteiger charge is 2.32. The summed E-state index contributed by atoms with van der Waals surface area (Å²) < 4.78 is 0. The Balaban J connectivity index is 1.80. The molecule has 0 saturated carbocycles. The van der Waals surface area contributed by atoms with Crippen LogP contribution in [0, 0.1) is 12.8 Å². The van der Waals surface area contributed by atoms with Gasteiger partial charge in [0.2, 0.25) is 0 Å². The van der Waals surface area contributed by atoms with Gasteiger partial charge in [0.1, 0.15) is 0 Å². The van der Waals surface area contributed by atoms with Crippen LogP contribution < -0.4 is 0 Å². The molecule has 2 atom stereocenters. The topological polar surface area (TPSA) is 53.4 Å². The van der Waals surface area contributed by atoms with Crippen molar-refractivity contribution in [3.8, 4) is 0 Å². The van der Waals surface area contributed by atoms with Gasteiger partial charge in [-0.1, -0.05) is 42.5 Å². The summed E-state index contributed by atoms with van der Waals surface area (Å²) in [5, 5.41) is 10.6. The van der Waals surface area contributed by atoms with Gasteiger partial charge in [-0.25, -0.2) is 0 Å². The molecule has 2 unspecified atom stereocenters. The van der Waals surface area contributed by atoms with Crippen LogP contribution in [-0.2, 0) is 4.79 Å². The lowest BCUT2D eigenvalue weighted by Crippen LogP contribution is -2.41. The molecule has 1 aliphatic rings. The summed E-state index contributed by atoms with van der Waals surface area (Å²) in [6.45, 7) is 3.59. The van der Waals surface area contributed by atoms with Gasteiger partial charge in [0.15, 0.2) is 0 Å². The molecular weight excluding hydrogens is 336 g/mol. The Morgan fingerprint density at radius 2 is 1.96 bits per heavy atom. The first-order chi connectivity index (χ1) is 13.1. The fourth-order valence-electron chi connectivity index (χ4n) is 4.16. The summed E-state index contributed by atoms with van der Waals surface area (Å²) in [6.07, 6.45) is 3.60. The SMILES string of the molecule is Cc1ccccc1C(c1cnc2ccccc2c1)N1CCCC(C(=O)O)C1. The number of hydrogen-bond acceptors (Lipinski definition) is 3. The average molecular weight is 360 g/mol. The lowest BCUT2D eigenvalue weighted by atomic mass is 9.90. The van der Waals surface area contributed by atoms with E-state index in [1.165, 1.54) is 11.1 Å². The third kappa shape index (κ3) is 3.58. The van der Waals surface area contributed by atoms with E-state index in [4.69, 9.17) is 0 Å². The van der Waals surface area contributed by atoms with Crippen LogP contribution in [0.4, 0.5) is 0 Å². The second-order valence-electron chi connectivity index (χ2n) is 7.39. The molecule has 0 radical (unpaired) electrons. The number of likely N-dealkylation sites (tertiary alicyclic amines) is 1. The largest absolute Gasteiger partial charge is 0.481 e. The number of pyridine rings is 1. The van der Waals surface area contributed by atoms with E-state index in [2.05, 4.69) is 47.1 Å². The van der Waals surface area contributed by atoms with E-state index in [0.29, 0.717) is 6.54 Å². The second-order valence-corrected chi connectivity index (χ2v) is 7.39. The Bertz CT molecular complexity index is 969. The minimum atomic E-state index is -0.695. The number of aryl methyl sites for hydroxylation is 1. The maximum absolute atomic E-state index is 11.6. The van der Waals surface area contributed by atoms with Crippen LogP contribution in [0.5, 0.6) is 0 Å². The minimum absolute atomic E-state index is 0.0189. The smallest absolute Gasteiger partial charge is 0.307 e. The van der Waals surface area contributed by atoms with Crippen LogP contribution in [0.15, 0.2) is 60.8 Å². The number of carboxylic acid groups (broad SMARTS) is 1. The number of carboxylic acids is 1. The Morgan fingerprint density at radius 3 is 2.78 bits per heavy atom. The number of carbonyl (C=O) groups is 1. The molecule has 0 bridgehead atoms. The molecule has 138 valence electrons. The van der Waals surface area contributed by atoms with Gasteiger partial charge in [0.25, 0.3) is 0 Å². The fraction of sp³-hybridized carbons (Fsp3) is 0.304. The predicted molar refractivity (Wildman–Crippen MR) is 107 cm³/mol. The average Bonchev–Trinajstić information content (AvgIpc) is 2.70. The third-order valence-corrected chi connectivity index (χ3v) is 5.58. The normalized spacial score (nSPS) is 19.1. The van der Waals surface area contributed by atoms with E-state index in [9.17, 15) is 9.90 Å². The van der Waals surface area contributed by atoms with E-state index in [1.54, 1.807) is 0 Å². The summed E-state index contributed by atoms with van der Waals surface area (Å²) in [5.41, 5.74) is 4.54. The zero-order chi connectivity index (χ0) is 18.8. The summed E-state index contributed by atoms with van der Waals surface area (Å²) in [5.74, 6) is -1.00. The van der Waals surface area contributed by atoms with Crippen molar-refractivity contribution in [3.05, 3.63) is 77.5 Å². The number of aliphatic carboxylic acids is 1. The molecule has 3 aromatic rings. The number of aromatic nitrogens is 1. The maximum Gasteiger partial charge on any atom is 0.307 e. The van der Waals surface area contributed by atoms with E-state index >= 15 is 0 Å². The standard InChI is InChI=1S/C23H24N2O2/c1-16-7-2-4-10-20(16)22(25-12-6-9-18(15-25)23(26)27)19-13-17-8-3-5-11-21(17)24-14-19/h2-5,7-8,10-11,13-14,18,22H,6,9,12,15H2,1H3,(H,26,27). The molecule has 27 heavy (non-hydrogen) atoms. The van der Waals surface area contributed by atoms with Crippen molar-refractivity contribution >= 4 is 16.9 Å². The van der Waals surface area contributed by atoms with Crippen LogP contribution in [0.2, 0.25) is 0 Å². The molecule has 0 spiro atoms. The lowest BCUT2D eigenvalue weighted by Gasteiger charge is -2.38. The summed E-state index contributed by atoms with van der Waals surface area (Å²) in [6, 6.07) is 18.7. The molecule has 2 aromatic carbocycles. The van der Waals surface area contributed by atoms with Gasteiger partial charge in [-0.15, -0.1) is 0 Å². The van der Waals surface area contributed by atoms with Crippen molar-refractivity contribution in [2.24, 2.45) is 5.92 Å². The van der Waals surface area contributed by atoms with E-state index in [1.807, 2.05) is 30.5 Å². The predicted octanol–water partition coefficient (Wildman–Crippen LogP) is 4.43.